The number of rotatable bonds is 1. The molecule has 1 aromatic heterocycles. The lowest BCUT2D eigenvalue weighted by Gasteiger charge is -2.43. The van der Waals surface area contributed by atoms with E-state index in [0.29, 0.717) is 0 Å². The Bertz CT molecular complexity index is 781. The van der Waals surface area contributed by atoms with Crippen molar-refractivity contribution < 1.29 is 9.52 Å². The molecule has 0 aliphatic heterocycles. The van der Waals surface area contributed by atoms with Crippen LogP contribution in [0.3, 0.4) is 0 Å². The number of hydrogen-bond acceptors (Lipinski definition) is 2. The van der Waals surface area contributed by atoms with Crippen LogP contribution in [-0.2, 0) is 22.9 Å². The minimum Gasteiger partial charge on any atom is -0.469 e. The fourth-order valence-corrected chi connectivity index (χ4v) is 4.69. The van der Waals surface area contributed by atoms with E-state index in [1.807, 2.05) is 6.07 Å². The zero-order valence-electron chi connectivity index (χ0n) is 15.3. The highest BCUT2D eigenvalue weighted by Gasteiger charge is 2.41. The maximum atomic E-state index is 11.5. The third-order valence-corrected chi connectivity index (χ3v) is 6.46. The van der Waals surface area contributed by atoms with Crippen LogP contribution in [0.1, 0.15) is 81.4 Å². The molecule has 2 aliphatic carbocycles. The van der Waals surface area contributed by atoms with Crippen LogP contribution in [0.5, 0.6) is 0 Å². The predicted molar refractivity (Wildman–Crippen MR) is 96.4 cm³/mol. The van der Waals surface area contributed by atoms with Gasteiger partial charge in [-0.1, -0.05) is 45.9 Å². The van der Waals surface area contributed by atoms with Crippen molar-refractivity contribution in [3.63, 3.8) is 0 Å². The van der Waals surface area contributed by atoms with Crippen LogP contribution < -0.4 is 0 Å². The molecule has 24 heavy (non-hydrogen) atoms. The van der Waals surface area contributed by atoms with Crippen molar-refractivity contribution in [3.05, 3.63) is 58.5 Å². The molecule has 0 bridgehead atoms. The summed E-state index contributed by atoms with van der Waals surface area (Å²) in [5.74, 6) is 0.945. The van der Waals surface area contributed by atoms with E-state index < -0.39 is 5.60 Å². The molecule has 2 nitrogen and oxygen atoms in total. The van der Waals surface area contributed by atoms with Crippen molar-refractivity contribution in [1.82, 2.24) is 0 Å². The lowest BCUT2D eigenvalue weighted by molar-refractivity contribution is 0.0586. The fourth-order valence-electron chi connectivity index (χ4n) is 4.69. The van der Waals surface area contributed by atoms with Crippen LogP contribution in [0, 0.1) is 0 Å². The summed E-state index contributed by atoms with van der Waals surface area (Å²) in [5, 5.41) is 11.5. The first-order valence-electron chi connectivity index (χ1n) is 9.19. The van der Waals surface area contributed by atoms with Crippen molar-refractivity contribution in [2.45, 2.75) is 76.2 Å². The van der Waals surface area contributed by atoms with Crippen molar-refractivity contribution >= 4 is 0 Å². The van der Waals surface area contributed by atoms with Gasteiger partial charge in [0, 0.05) is 12.0 Å². The monoisotopic (exact) mass is 324 g/mol. The van der Waals surface area contributed by atoms with Gasteiger partial charge >= 0.3 is 0 Å². The molecule has 2 aliphatic rings. The average Bonchev–Trinajstić information content (AvgIpc) is 3.02. The number of aliphatic hydroxyl groups is 1. The Morgan fingerprint density at radius 2 is 1.58 bits per heavy atom. The molecule has 2 heteroatoms. The molecule has 1 unspecified atom stereocenters. The van der Waals surface area contributed by atoms with Crippen molar-refractivity contribution in [2.75, 3.05) is 0 Å². The van der Waals surface area contributed by atoms with Gasteiger partial charge in [0.1, 0.15) is 11.4 Å². The normalized spacial score (nSPS) is 27.4. The van der Waals surface area contributed by atoms with Gasteiger partial charge in [-0.3, -0.25) is 0 Å². The van der Waals surface area contributed by atoms with Crippen LogP contribution in [0.15, 0.2) is 34.9 Å². The van der Waals surface area contributed by atoms with Gasteiger partial charge in [0.05, 0.1) is 6.26 Å². The van der Waals surface area contributed by atoms with Gasteiger partial charge < -0.3 is 9.52 Å². The number of aryl methyl sites for hydroxylation is 1. The average molecular weight is 324 g/mol. The smallest absolute Gasteiger partial charge is 0.118 e. The summed E-state index contributed by atoms with van der Waals surface area (Å²) in [4.78, 5) is 0. The molecule has 0 spiro atoms. The Morgan fingerprint density at radius 3 is 2.33 bits per heavy atom. The van der Waals surface area contributed by atoms with Crippen molar-refractivity contribution in [1.29, 1.82) is 0 Å². The van der Waals surface area contributed by atoms with Gasteiger partial charge in [-0.2, -0.15) is 0 Å². The van der Waals surface area contributed by atoms with Crippen molar-refractivity contribution in [3.8, 4) is 0 Å². The lowest BCUT2D eigenvalue weighted by Crippen LogP contribution is -2.36. The summed E-state index contributed by atoms with van der Waals surface area (Å²) >= 11 is 0. The molecular weight excluding hydrogens is 296 g/mol. The molecule has 1 heterocycles. The third kappa shape index (κ3) is 2.19. The Hall–Kier alpha value is -1.54. The molecule has 1 atom stereocenters. The Kier molecular flexibility index (Phi) is 3.31. The topological polar surface area (TPSA) is 33.4 Å². The molecule has 0 saturated carbocycles. The second-order valence-electron chi connectivity index (χ2n) is 9.00. The lowest BCUT2D eigenvalue weighted by atomic mass is 9.62. The molecule has 0 saturated heterocycles. The van der Waals surface area contributed by atoms with E-state index in [0.717, 1.165) is 36.1 Å². The Morgan fingerprint density at radius 1 is 0.875 bits per heavy atom. The SMILES string of the molecule is CC1(C)CCC(C)(C)c2cc(C3(O)CCCc4occc43)ccc21. The van der Waals surface area contributed by atoms with Crippen LogP contribution in [0.25, 0.3) is 0 Å². The Labute approximate surface area is 144 Å². The molecule has 0 radical (unpaired) electrons. The Balaban J connectivity index is 1.88. The van der Waals surface area contributed by atoms with Gasteiger partial charge in [-0.25, -0.2) is 0 Å². The van der Waals surface area contributed by atoms with E-state index >= 15 is 0 Å². The zero-order chi connectivity index (χ0) is 17.2. The maximum Gasteiger partial charge on any atom is 0.118 e. The fraction of sp³-hybridized carbons (Fsp3) is 0.545. The van der Waals surface area contributed by atoms with E-state index in [-0.39, 0.29) is 10.8 Å². The minimum absolute atomic E-state index is 0.158. The van der Waals surface area contributed by atoms with E-state index in [2.05, 4.69) is 45.9 Å². The molecule has 0 fully saturated rings. The highest BCUT2D eigenvalue weighted by Crippen LogP contribution is 2.48. The minimum atomic E-state index is -0.909. The molecule has 128 valence electrons. The maximum absolute atomic E-state index is 11.5. The van der Waals surface area contributed by atoms with Gasteiger partial charge in [0.2, 0.25) is 0 Å². The first kappa shape index (κ1) is 16.0. The molecular formula is C22H28O2. The number of fused-ring (bicyclic) bond motifs is 2. The molecule has 0 amide bonds. The van der Waals surface area contributed by atoms with Crippen LogP contribution in [0.4, 0.5) is 0 Å². The van der Waals surface area contributed by atoms with Crippen LogP contribution >= 0.6 is 0 Å². The summed E-state index contributed by atoms with van der Waals surface area (Å²) in [6, 6.07) is 8.63. The molecule has 1 aromatic carbocycles. The van der Waals surface area contributed by atoms with Gasteiger partial charge in [0.15, 0.2) is 0 Å². The number of furan rings is 1. The van der Waals surface area contributed by atoms with Gasteiger partial charge in [-0.05, 0) is 59.3 Å². The van der Waals surface area contributed by atoms with E-state index in [9.17, 15) is 5.11 Å². The largest absolute Gasteiger partial charge is 0.469 e. The summed E-state index contributed by atoms with van der Waals surface area (Å²) in [6.45, 7) is 9.34. The van der Waals surface area contributed by atoms with Crippen LogP contribution in [0.2, 0.25) is 0 Å². The molecule has 1 N–H and O–H groups in total. The third-order valence-electron chi connectivity index (χ3n) is 6.46. The van der Waals surface area contributed by atoms with Gasteiger partial charge in [0.25, 0.3) is 0 Å². The predicted octanol–water partition coefficient (Wildman–Crippen LogP) is 5.20. The summed E-state index contributed by atoms with van der Waals surface area (Å²) in [5.41, 5.74) is 4.28. The van der Waals surface area contributed by atoms with Gasteiger partial charge in [-0.15, -0.1) is 0 Å². The second-order valence-corrected chi connectivity index (χ2v) is 9.00. The zero-order valence-corrected chi connectivity index (χ0v) is 15.3. The summed E-state index contributed by atoms with van der Waals surface area (Å²) in [6.07, 6.45) is 6.76. The van der Waals surface area contributed by atoms with Crippen LogP contribution in [-0.4, -0.2) is 5.11 Å². The summed E-state index contributed by atoms with van der Waals surface area (Å²) < 4.78 is 5.60. The van der Waals surface area contributed by atoms with E-state index in [1.165, 1.54) is 24.0 Å². The summed E-state index contributed by atoms with van der Waals surface area (Å²) in [7, 11) is 0. The number of benzene rings is 1. The highest BCUT2D eigenvalue weighted by atomic mass is 16.3. The van der Waals surface area contributed by atoms with E-state index in [1.54, 1.807) is 6.26 Å². The second kappa shape index (κ2) is 4.98. The van der Waals surface area contributed by atoms with E-state index in [4.69, 9.17) is 4.42 Å². The highest BCUT2D eigenvalue weighted by molar-refractivity contribution is 5.48. The molecule has 4 rings (SSSR count). The molecule has 2 aromatic rings. The first-order valence-corrected chi connectivity index (χ1v) is 9.19. The standard InChI is InChI=1S/C22H28O2/c1-20(2)11-12-21(3,4)18-14-15(7-8-16(18)20)22(23)10-5-6-19-17(22)9-13-24-19/h7-9,13-14,23H,5-6,10-12H2,1-4H3. The van der Waals surface area contributed by atoms with Crippen molar-refractivity contribution in [2.24, 2.45) is 0 Å². The first-order chi connectivity index (χ1) is 11.2. The quantitative estimate of drug-likeness (QED) is 0.782. The number of hydrogen-bond donors (Lipinski definition) is 1.